The minimum absolute atomic E-state index is 0.0783. The summed E-state index contributed by atoms with van der Waals surface area (Å²) in [7, 11) is 1.08. The van der Waals surface area contributed by atoms with E-state index in [2.05, 4.69) is 28.2 Å². The Bertz CT molecular complexity index is 622. The van der Waals surface area contributed by atoms with Crippen LogP contribution in [0.2, 0.25) is 0 Å². The summed E-state index contributed by atoms with van der Waals surface area (Å²) < 4.78 is 36.1. The Morgan fingerprint density at radius 3 is 2.57 bits per heavy atom. The fourth-order valence-corrected chi connectivity index (χ4v) is 3.82. The molecule has 8 heteroatoms. The molecule has 0 bridgehead atoms. The van der Waals surface area contributed by atoms with Gasteiger partial charge in [0.25, 0.3) is 15.0 Å². The van der Waals surface area contributed by atoms with Gasteiger partial charge < -0.3 is 5.32 Å². The van der Waals surface area contributed by atoms with Gasteiger partial charge in [0.05, 0.1) is 4.47 Å². The van der Waals surface area contributed by atoms with E-state index in [9.17, 15) is 17.6 Å². The van der Waals surface area contributed by atoms with Crippen LogP contribution in [0.3, 0.4) is 0 Å². The molecule has 21 heavy (non-hydrogen) atoms. The summed E-state index contributed by atoms with van der Waals surface area (Å²) in [6.07, 6.45) is 3.98. The maximum Gasteiger partial charge on any atom is 0.262 e. The molecule has 1 aromatic rings. The summed E-state index contributed by atoms with van der Waals surface area (Å²) in [5.74, 6) is -1.38. The molecule has 0 saturated heterocycles. The molecule has 1 rings (SSSR count). The van der Waals surface area contributed by atoms with Gasteiger partial charge in [-0.05, 0) is 34.5 Å². The molecule has 0 radical (unpaired) electrons. The molecule has 1 aromatic carbocycles. The summed E-state index contributed by atoms with van der Waals surface area (Å²) in [5.41, 5.74) is -0.0783. The zero-order valence-electron chi connectivity index (χ0n) is 11.5. The van der Waals surface area contributed by atoms with Crippen molar-refractivity contribution in [2.75, 3.05) is 6.54 Å². The lowest BCUT2D eigenvalue weighted by molar-refractivity contribution is 0.0952. The van der Waals surface area contributed by atoms with Gasteiger partial charge in [0, 0.05) is 22.8 Å². The molecule has 0 aliphatic rings. The number of rotatable bonds is 7. The highest BCUT2D eigenvalue weighted by Gasteiger charge is 2.21. The van der Waals surface area contributed by atoms with Gasteiger partial charge in [0.2, 0.25) is 0 Å². The molecule has 1 amide bonds. The van der Waals surface area contributed by atoms with E-state index < -0.39 is 25.7 Å². The SMILES string of the molecule is CCCCCCNC(=O)c1cc(F)c(Br)c(S(=O)(=O)Cl)c1. The molecule has 0 unspecified atom stereocenters. The number of carbonyl (C=O) groups excluding carboxylic acids is 1. The molecular weight excluding hydrogens is 385 g/mol. The topological polar surface area (TPSA) is 63.2 Å². The number of carbonyl (C=O) groups is 1. The summed E-state index contributed by atoms with van der Waals surface area (Å²) in [6.45, 7) is 2.54. The second-order valence-corrected chi connectivity index (χ2v) is 7.85. The third-order valence-electron chi connectivity index (χ3n) is 2.84. The third-order valence-corrected chi connectivity index (χ3v) is 5.25. The highest BCUT2D eigenvalue weighted by molar-refractivity contribution is 9.10. The number of nitrogens with one attached hydrogen (secondary N) is 1. The first-order chi connectivity index (χ1) is 9.77. The fourth-order valence-electron chi connectivity index (χ4n) is 1.73. The first-order valence-electron chi connectivity index (χ1n) is 6.49. The Balaban J connectivity index is 2.84. The van der Waals surface area contributed by atoms with E-state index in [1.165, 1.54) is 0 Å². The molecule has 4 nitrogen and oxygen atoms in total. The minimum atomic E-state index is -4.14. The Hall–Kier alpha value is -0.660. The second kappa shape index (κ2) is 8.10. The Kier molecular flexibility index (Phi) is 7.09. The van der Waals surface area contributed by atoms with Crippen LogP contribution in [0, 0.1) is 5.82 Å². The average molecular weight is 401 g/mol. The van der Waals surface area contributed by atoms with Crippen molar-refractivity contribution >= 4 is 41.6 Å². The first kappa shape index (κ1) is 18.4. The van der Waals surface area contributed by atoms with Crippen molar-refractivity contribution in [1.82, 2.24) is 5.32 Å². The number of halogens is 3. The number of unbranched alkanes of at least 4 members (excludes halogenated alkanes) is 3. The predicted molar refractivity (Wildman–Crippen MR) is 83.6 cm³/mol. The summed E-state index contributed by atoms with van der Waals surface area (Å²) in [6, 6.07) is 2.02. The van der Waals surface area contributed by atoms with Gasteiger partial charge in [-0.15, -0.1) is 0 Å². The normalized spacial score (nSPS) is 11.4. The van der Waals surface area contributed by atoms with Crippen molar-refractivity contribution in [1.29, 1.82) is 0 Å². The molecule has 0 fully saturated rings. The number of amides is 1. The minimum Gasteiger partial charge on any atom is -0.352 e. The van der Waals surface area contributed by atoms with E-state index in [1.807, 2.05) is 0 Å². The number of hydrogen-bond acceptors (Lipinski definition) is 3. The Morgan fingerprint density at radius 2 is 2.00 bits per heavy atom. The first-order valence-corrected chi connectivity index (χ1v) is 9.59. The van der Waals surface area contributed by atoms with Crippen LogP contribution in [0.15, 0.2) is 21.5 Å². The largest absolute Gasteiger partial charge is 0.352 e. The highest BCUT2D eigenvalue weighted by Crippen LogP contribution is 2.29. The number of hydrogen-bond donors (Lipinski definition) is 1. The highest BCUT2D eigenvalue weighted by atomic mass is 79.9. The molecule has 0 aliphatic heterocycles. The van der Waals surface area contributed by atoms with Crippen LogP contribution in [0.5, 0.6) is 0 Å². The van der Waals surface area contributed by atoms with Gasteiger partial charge in [0.1, 0.15) is 10.7 Å². The van der Waals surface area contributed by atoms with Gasteiger partial charge in [-0.2, -0.15) is 0 Å². The maximum absolute atomic E-state index is 13.7. The van der Waals surface area contributed by atoms with Crippen molar-refractivity contribution in [3.8, 4) is 0 Å². The van der Waals surface area contributed by atoms with Gasteiger partial charge >= 0.3 is 0 Å². The van der Waals surface area contributed by atoms with Gasteiger partial charge in [0.15, 0.2) is 0 Å². The van der Waals surface area contributed by atoms with E-state index in [0.717, 1.165) is 37.8 Å². The van der Waals surface area contributed by atoms with Gasteiger partial charge in [-0.3, -0.25) is 4.79 Å². The fraction of sp³-hybridized carbons (Fsp3) is 0.462. The molecule has 0 heterocycles. The summed E-state index contributed by atoms with van der Waals surface area (Å²) in [5, 5.41) is 2.62. The summed E-state index contributed by atoms with van der Waals surface area (Å²) >= 11 is 2.81. The Morgan fingerprint density at radius 1 is 1.33 bits per heavy atom. The quantitative estimate of drug-likeness (QED) is 0.559. The van der Waals surface area contributed by atoms with E-state index in [0.29, 0.717) is 6.54 Å². The smallest absolute Gasteiger partial charge is 0.262 e. The summed E-state index contributed by atoms with van der Waals surface area (Å²) in [4.78, 5) is 11.4. The van der Waals surface area contributed by atoms with E-state index >= 15 is 0 Å². The maximum atomic E-state index is 13.7. The third kappa shape index (κ3) is 5.56. The molecule has 0 spiro atoms. The predicted octanol–water partition coefficient (Wildman–Crippen LogP) is 3.83. The molecule has 0 aliphatic carbocycles. The van der Waals surface area contributed by atoms with Crippen molar-refractivity contribution in [2.45, 2.75) is 37.5 Å². The van der Waals surface area contributed by atoms with Crippen LogP contribution in [-0.2, 0) is 9.05 Å². The average Bonchev–Trinajstić information content (AvgIpc) is 2.39. The van der Waals surface area contributed by atoms with E-state index in [4.69, 9.17) is 10.7 Å². The van der Waals surface area contributed by atoms with E-state index in [-0.39, 0.29) is 10.0 Å². The van der Waals surface area contributed by atoms with Crippen molar-refractivity contribution < 1.29 is 17.6 Å². The lowest BCUT2D eigenvalue weighted by atomic mass is 10.2. The van der Waals surface area contributed by atoms with Crippen molar-refractivity contribution in [3.63, 3.8) is 0 Å². The van der Waals surface area contributed by atoms with Gasteiger partial charge in [-0.25, -0.2) is 12.8 Å². The lowest BCUT2D eigenvalue weighted by Crippen LogP contribution is -2.24. The van der Waals surface area contributed by atoms with Crippen LogP contribution >= 0.6 is 26.6 Å². The number of benzene rings is 1. The van der Waals surface area contributed by atoms with Crippen molar-refractivity contribution in [3.05, 3.63) is 28.0 Å². The molecule has 0 saturated carbocycles. The molecular formula is C13H16BrClFNO3S. The van der Waals surface area contributed by atoms with Crippen LogP contribution in [0.1, 0.15) is 43.0 Å². The lowest BCUT2D eigenvalue weighted by Gasteiger charge is -2.08. The van der Waals surface area contributed by atoms with Crippen LogP contribution < -0.4 is 5.32 Å². The van der Waals surface area contributed by atoms with Crippen LogP contribution in [0.4, 0.5) is 4.39 Å². The monoisotopic (exact) mass is 399 g/mol. The van der Waals surface area contributed by atoms with Crippen LogP contribution in [-0.4, -0.2) is 20.9 Å². The Labute approximate surface area is 136 Å². The molecule has 0 atom stereocenters. The second-order valence-electron chi connectivity index (χ2n) is 4.52. The standard InChI is InChI=1S/C13H16BrClFNO3S/c1-2-3-4-5-6-17-13(18)9-7-10(16)12(14)11(8-9)21(15,19)20/h7-8H,2-6H2,1H3,(H,17,18). The van der Waals surface area contributed by atoms with Crippen LogP contribution in [0.25, 0.3) is 0 Å². The van der Waals surface area contributed by atoms with Crippen molar-refractivity contribution in [2.24, 2.45) is 0 Å². The van der Waals surface area contributed by atoms with E-state index in [1.54, 1.807) is 0 Å². The zero-order chi connectivity index (χ0) is 16.0. The molecule has 118 valence electrons. The molecule has 1 N–H and O–H groups in total. The van der Waals surface area contributed by atoms with Gasteiger partial charge in [-0.1, -0.05) is 26.2 Å². The zero-order valence-corrected chi connectivity index (χ0v) is 14.6. The molecule has 0 aromatic heterocycles.